The van der Waals surface area contributed by atoms with Gasteiger partial charge in [-0.1, -0.05) is 13.8 Å². The highest BCUT2D eigenvalue weighted by molar-refractivity contribution is 5.85. The van der Waals surface area contributed by atoms with Crippen molar-refractivity contribution in [2.45, 2.75) is 71.4 Å². The minimum atomic E-state index is 0. The van der Waals surface area contributed by atoms with Crippen molar-refractivity contribution in [2.75, 3.05) is 26.2 Å². The van der Waals surface area contributed by atoms with Crippen molar-refractivity contribution in [3.63, 3.8) is 0 Å². The van der Waals surface area contributed by atoms with Crippen molar-refractivity contribution >= 4 is 24.3 Å². The van der Waals surface area contributed by atoms with E-state index in [9.17, 15) is 9.59 Å². The molecule has 0 aromatic rings. The molecule has 26 heavy (non-hydrogen) atoms. The molecule has 2 aliphatic rings. The average molecular weight is 389 g/mol. The van der Waals surface area contributed by atoms with Crippen molar-refractivity contribution in [1.29, 1.82) is 0 Å². The molecule has 0 aliphatic carbocycles. The summed E-state index contributed by atoms with van der Waals surface area (Å²) in [5.74, 6) is 0.929. The summed E-state index contributed by atoms with van der Waals surface area (Å²) in [6.45, 7) is 9.18. The van der Waals surface area contributed by atoms with Crippen LogP contribution < -0.4 is 11.1 Å². The number of likely N-dealkylation sites (tertiary alicyclic amines) is 2. The van der Waals surface area contributed by atoms with Gasteiger partial charge in [-0.3, -0.25) is 4.79 Å². The molecule has 2 fully saturated rings. The molecule has 152 valence electrons. The van der Waals surface area contributed by atoms with Crippen molar-refractivity contribution in [1.82, 2.24) is 15.1 Å². The summed E-state index contributed by atoms with van der Waals surface area (Å²) in [5.41, 5.74) is 6.09. The molecule has 0 aromatic carbocycles. The molecule has 6 nitrogen and oxygen atoms in total. The van der Waals surface area contributed by atoms with Gasteiger partial charge in [0.25, 0.3) is 0 Å². The van der Waals surface area contributed by atoms with Crippen LogP contribution in [0, 0.1) is 11.8 Å². The Balaban J connectivity index is 0.00000338. The summed E-state index contributed by atoms with van der Waals surface area (Å²) in [7, 11) is 0. The van der Waals surface area contributed by atoms with Crippen LogP contribution in [0.25, 0.3) is 0 Å². The lowest BCUT2D eigenvalue weighted by Crippen LogP contribution is -2.52. The number of rotatable bonds is 5. The number of nitrogens with two attached hydrogens (primary N) is 1. The summed E-state index contributed by atoms with van der Waals surface area (Å²) in [5, 5.41) is 2.99. The monoisotopic (exact) mass is 388 g/mol. The van der Waals surface area contributed by atoms with Crippen LogP contribution in [-0.2, 0) is 4.79 Å². The number of halogens is 1. The highest BCUT2D eigenvalue weighted by Gasteiger charge is 2.32. The molecule has 7 heteroatoms. The minimum absolute atomic E-state index is 0. The van der Waals surface area contributed by atoms with Gasteiger partial charge >= 0.3 is 6.03 Å². The third-order valence-corrected chi connectivity index (χ3v) is 5.41. The number of hydrogen-bond acceptors (Lipinski definition) is 3. The van der Waals surface area contributed by atoms with Crippen molar-refractivity contribution < 1.29 is 9.59 Å². The van der Waals surface area contributed by atoms with E-state index in [2.05, 4.69) is 19.2 Å². The van der Waals surface area contributed by atoms with E-state index in [0.717, 1.165) is 45.2 Å². The minimum Gasteiger partial charge on any atom is -0.338 e. The first-order chi connectivity index (χ1) is 11.9. The van der Waals surface area contributed by atoms with E-state index in [1.54, 1.807) is 0 Å². The molecule has 0 bridgehead atoms. The van der Waals surface area contributed by atoms with Crippen LogP contribution in [0.1, 0.15) is 59.3 Å². The molecule has 3 N–H and O–H groups in total. The van der Waals surface area contributed by atoms with E-state index in [0.29, 0.717) is 25.4 Å². The van der Waals surface area contributed by atoms with Gasteiger partial charge in [-0.25, -0.2) is 4.79 Å². The lowest BCUT2D eigenvalue weighted by molar-refractivity contribution is -0.136. The molecule has 0 spiro atoms. The molecule has 0 aromatic heterocycles. The summed E-state index contributed by atoms with van der Waals surface area (Å²) < 4.78 is 0. The fourth-order valence-electron chi connectivity index (χ4n) is 4.00. The summed E-state index contributed by atoms with van der Waals surface area (Å²) in [6, 6.07) is 0.210. The predicted octanol–water partition coefficient (Wildman–Crippen LogP) is 2.60. The van der Waals surface area contributed by atoms with Gasteiger partial charge in [0.1, 0.15) is 0 Å². The molecule has 2 saturated heterocycles. The smallest absolute Gasteiger partial charge is 0.317 e. The number of urea groups is 1. The maximum Gasteiger partial charge on any atom is 0.317 e. The SMILES string of the molecule is CC(C)CNC(=O)N1CCCC(CC(=O)N2CCCCC2C(C)N)C1.Cl. The Kier molecular flexibility index (Phi) is 9.72. The predicted molar refractivity (Wildman–Crippen MR) is 107 cm³/mol. The molecule has 2 rings (SSSR count). The Morgan fingerprint density at radius 1 is 1.12 bits per heavy atom. The normalized spacial score (nSPS) is 24.8. The lowest BCUT2D eigenvalue weighted by Gasteiger charge is -2.40. The van der Waals surface area contributed by atoms with Gasteiger partial charge in [0.15, 0.2) is 0 Å². The zero-order valence-corrected chi connectivity index (χ0v) is 17.4. The van der Waals surface area contributed by atoms with Gasteiger partial charge in [-0.15, -0.1) is 12.4 Å². The zero-order chi connectivity index (χ0) is 18.4. The van der Waals surface area contributed by atoms with Crippen molar-refractivity contribution in [3.05, 3.63) is 0 Å². The maximum atomic E-state index is 12.8. The third-order valence-electron chi connectivity index (χ3n) is 5.41. The number of nitrogens with zero attached hydrogens (tertiary/aromatic N) is 2. The second-order valence-corrected chi connectivity index (χ2v) is 8.25. The number of piperidine rings is 2. The highest BCUT2D eigenvalue weighted by atomic mass is 35.5. The summed E-state index contributed by atoms with van der Waals surface area (Å²) in [6.07, 6.45) is 5.78. The molecule has 3 atom stereocenters. The van der Waals surface area contributed by atoms with E-state index in [1.807, 2.05) is 16.7 Å². The Morgan fingerprint density at radius 2 is 1.85 bits per heavy atom. The maximum absolute atomic E-state index is 12.8. The van der Waals surface area contributed by atoms with Gasteiger partial charge in [-0.2, -0.15) is 0 Å². The van der Waals surface area contributed by atoms with E-state index >= 15 is 0 Å². The van der Waals surface area contributed by atoms with Crippen molar-refractivity contribution in [3.8, 4) is 0 Å². The Bertz CT molecular complexity index is 459. The first-order valence-electron chi connectivity index (χ1n) is 9.96. The largest absolute Gasteiger partial charge is 0.338 e. The molecular formula is C19H37ClN4O2. The highest BCUT2D eigenvalue weighted by Crippen LogP contribution is 2.24. The lowest BCUT2D eigenvalue weighted by atomic mass is 9.92. The standard InChI is InChI=1S/C19H36N4O2.ClH/c1-14(2)12-21-19(25)22-9-6-7-16(13-22)11-18(24)23-10-5-4-8-17(23)15(3)20;/h14-17H,4-13,20H2,1-3H3,(H,21,25);1H. The Morgan fingerprint density at radius 3 is 2.50 bits per heavy atom. The number of nitrogens with one attached hydrogen (secondary N) is 1. The fourth-order valence-corrected chi connectivity index (χ4v) is 4.00. The second kappa shape index (κ2) is 11.0. The Labute approximate surface area is 164 Å². The molecule has 2 heterocycles. The molecule has 2 aliphatic heterocycles. The van der Waals surface area contributed by atoms with Crippen LogP contribution in [0.3, 0.4) is 0 Å². The van der Waals surface area contributed by atoms with Crippen LogP contribution in [0.15, 0.2) is 0 Å². The van der Waals surface area contributed by atoms with E-state index in [-0.39, 0.29) is 42.3 Å². The van der Waals surface area contributed by atoms with E-state index in [4.69, 9.17) is 5.73 Å². The molecular weight excluding hydrogens is 352 g/mol. The second-order valence-electron chi connectivity index (χ2n) is 8.25. The fraction of sp³-hybridized carbons (Fsp3) is 0.895. The van der Waals surface area contributed by atoms with Crippen LogP contribution in [0.5, 0.6) is 0 Å². The molecule has 0 saturated carbocycles. The van der Waals surface area contributed by atoms with E-state index < -0.39 is 0 Å². The van der Waals surface area contributed by atoms with Crippen LogP contribution >= 0.6 is 12.4 Å². The van der Waals surface area contributed by atoms with Gasteiger partial charge in [-0.05, 0) is 50.9 Å². The number of hydrogen-bond donors (Lipinski definition) is 2. The quantitative estimate of drug-likeness (QED) is 0.759. The zero-order valence-electron chi connectivity index (χ0n) is 16.6. The Hall–Kier alpha value is -1.01. The number of carbonyl (C=O) groups excluding carboxylic acids is 2. The molecule has 3 amide bonds. The van der Waals surface area contributed by atoms with Gasteiger partial charge < -0.3 is 20.9 Å². The molecule has 0 radical (unpaired) electrons. The summed E-state index contributed by atoms with van der Waals surface area (Å²) >= 11 is 0. The van der Waals surface area contributed by atoms with Crippen LogP contribution in [0.4, 0.5) is 4.79 Å². The third kappa shape index (κ3) is 6.62. The number of amides is 3. The molecule has 3 unspecified atom stereocenters. The first-order valence-corrected chi connectivity index (χ1v) is 9.96. The topological polar surface area (TPSA) is 78.7 Å². The van der Waals surface area contributed by atoms with Crippen molar-refractivity contribution in [2.24, 2.45) is 17.6 Å². The first kappa shape index (κ1) is 23.0. The van der Waals surface area contributed by atoms with Gasteiger partial charge in [0, 0.05) is 44.7 Å². The van der Waals surface area contributed by atoms with Gasteiger partial charge in [0.2, 0.25) is 5.91 Å². The average Bonchev–Trinajstić information content (AvgIpc) is 2.59. The number of carbonyl (C=O) groups is 2. The summed E-state index contributed by atoms with van der Waals surface area (Å²) in [4.78, 5) is 29.0. The van der Waals surface area contributed by atoms with E-state index in [1.165, 1.54) is 0 Å². The van der Waals surface area contributed by atoms with Gasteiger partial charge in [0.05, 0.1) is 0 Å². The van der Waals surface area contributed by atoms with Crippen LogP contribution in [0.2, 0.25) is 0 Å². The van der Waals surface area contributed by atoms with Crippen LogP contribution in [-0.4, -0.2) is 60.0 Å².